The normalized spacial score (nSPS) is 49.2. The lowest BCUT2D eigenvalue weighted by molar-refractivity contribution is -0.230. The van der Waals surface area contributed by atoms with E-state index >= 15 is 0 Å². The molecule has 7 nitrogen and oxygen atoms in total. The van der Waals surface area contributed by atoms with Crippen molar-refractivity contribution >= 4 is 11.6 Å². The summed E-state index contributed by atoms with van der Waals surface area (Å²) in [6.07, 6.45) is 2.34. The zero-order valence-electron chi connectivity index (χ0n) is 21.1. The van der Waals surface area contributed by atoms with Crippen LogP contribution >= 0.6 is 0 Å². The lowest BCUT2D eigenvalue weighted by Gasteiger charge is -2.58. The van der Waals surface area contributed by atoms with Crippen molar-refractivity contribution in [3.05, 3.63) is 11.3 Å². The fourth-order valence-electron chi connectivity index (χ4n) is 8.82. The maximum atomic E-state index is 14.4. The van der Waals surface area contributed by atoms with Crippen LogP contribution in [-0.2, 0) is 9.59 Å². The van der Waals surface area contributed by atoms with Gasteiger partial charge in [0.1, 0.15) is 29.4 Å². The topological polar surface area (TPSA) is 135 Å². The number of carbonyl (C=O) groups excluding carboxylic acids is 2. The van der Waals surface area contributed by atoms with Crippen molar-refractivity contribution in [3.8, 4) is 0 Å². The molecule has 0 aromatic carbocycles. The second kappa shape index (κ2) is 9.75. The molecule has 5 aliphatic rings. The highest BCUT2D eigenvalue weighted by Crippen LogP contribution is 2.57. The summed E-state index contributed by atoms with van der Waals surface area (Å²) in [6.45, 7) is 1.18. The van der Waals surface area contributed by atoms with Gasteiger partial charge in [0.15, 0.2) is 5.78 Å². The molecule has 0 saturated heterocycles. The van der Waals surface area contributed by atoms with Crippen LogP contribution in [0.15, 0.2) is 11.3 Å². The minimum atomic E-state index is -2.12. The van der Waals surface area contributed by atoms with Gasteiger partial charge >= 0.3 is 0 Å². The fraction of sp³-hybridized carbons (Fsp3) is 0.857. The number of hydrogen-bond donors (Lipinski definition) is 5. The Bertz CT molecular complexity index is 920. The number of hydrogen-bond acceptors (Lipinski definition) is 7. The Hall–Kier alpha value is -1.35. The number of aliphatic hydroxyl groups excluding tert-OH is 4. The largest absolute Gasteiger partial charge is 0.512 e. The molecule has 0 aromatic rings. The Labute approximate surface area is 211 Å². The first-order valence-corrected chi connectivity index (χ1v) is 13.9. The number of aliphatic hydroxyl groups is 5. The van der Waals surface area contributed by atoms with E-state index in [9.17, 15) is 39.5 Å². The summed E-state index contributed by atoms with van der Waals surface area (Å²) in [7, 11) is 0. The maximum Gasteiger partial charge on any atom is 0.161 e. The van der Waals surface area contributed by atoms with Crippen molar-refractivity contribution in [2.24, 2.45) is 41.4 Å². The fourth-order valence-corrected chi connectivity index (χ4v) is 8.82. The molecular formula is C28H41FO7. The summed E-state index contributed by atoms with van der Waals surface area (Å²) in [4.78, 5) is 25.9. The summed E-state index contributed by atoms with van der Waals surface area (Å²) in [5, 5.41) is 55.1. The summed E-state index contributed by atoms with van der Waals surface area (Å²) < 4.78 is 14.4. The third kappa shape index (κ3) is 4.07. The van der Waals surface area contributed by atoms with Gasteiger partial charge in [0.25, 0.3) is 0 Å². The molecule has 0 spiro atoms. The third-order valence-corrected chi connectivity index (χ3v) is 10.7. The number of rotatable bonds is 4. The summed E-state index contributed by atoms with van der Waals surface area (Å²) in [6, 6.07) is 0. The van der Waals surface area contributed by atoms with Crippen LogP contribution in [-0.4, -0.2) is 67.2 Å². The Balaban J connectivity index is 1.38. The highest BCUT2D eigenvalue weighted by atomic mass is 19.1. The molecule has 202 valence electrons. The number of halogens is 1. The zero-order chi connectivity index (χ0) is 25.9. The minimum absolute atomic E-state index is 0.0450. The SMILES string of the molecule is CC(=O)C1=C(O)C[C@@H]2C[C@@H]3CC4C(CCC5CCCCC5F)CCC(O)C4C(=O)C3C(O)[C@]2(O)C1O. The van der Waals surface area contributed by atoms with E-state index in [0.717, 1.165) is 38.5 Å². The minimum Gasteiger partial charge on any atom is -0.512 e. The first-order valence-electron chi connectivity index (χ1n) is 13.9. The molecule has 0 bridgehead atoms. The van der Waals surface area contributed by atoms with Gasteiger partial charge in [0.2, 0.25) is 0 Å². The molecule has 12 atom stereocenters. The zero-order valence-corrected chi connectivity index (χ0v) is 21.1. The van der Waals surface area contributed by atoms with Crippen LogP contribution in [0.3, 0.4) is 0 Å². The Kier molecular flexibility index (Phi) is 7.11. The molecule has 5 rings (SSSR count). The van der Waals surface area contributed by atoms with Crippen LogP contribution in [0.5, 0.6) is 0 Å². The molecule has 0 heterocycles. The van der Waals surface area contributed by atoms with Crippen molar-refractivity contribution in [2.45, 2.75) is 108 Å². The first-order chi connectivity index (χ1) is 17.1. The molecule has 4 fully saturated rings. The van der Waals surface area contributed by atoms with Crippen LogP contribution in [0.1, 0.15) is 77.6 Å². The predicted molar refractivity (Wildman–Crippen MR) is 128 cm³/mol. The number of carbonyl (C=O) groups is 2. The van der Waals surface area contributed by atoms with E-state index in [1.807, 2.05) is 0 Å². The summed E-state index contributed by atoms with van der Waals surface area (Å²) in [5.41, 5.74) is -2.42. The number of Topliss-reactive ketones (excluding diaryl/α,β-unsaturated/α-hetero) is 2. The molecule has 36 heavy (non-hydrogen) atoms. The number of ketones is 2. The van der Waals surface area contributed by atoms with E-state index in [1.54, 1.807) is 0 Å². The highest BCUT2D eigenvalue weighted by Gasteiger charge is 2.65. The molecule has 9 unspecified atom stereocenters. The van der Waals surface area contributed by atoms with Gasteiger partial charge in [-0.1, -0.05) is 12.8 Å². The van der Waals surface area contributed by atoms with E-state index < -0.39 is 53.6 Å². The Morgan fingerprint density at radius 2 is 1.69 bits per heavy atom. The van der Waals surface area contributed by atoms with E-state index in [-0.39, 0.29) is 47.2 Å². The van der Waals surface area contributed by atoms with Crippen LogP contribution in [0, 0.1) is 41.4 Å². The number of alkyl halides is 1. The van der Waals surface area contributed by atoms with Gasteiger partial charge in [-0.25, -0.2) is 4.39 Å². The molecule has 5 aliphatic carbocycles. The van der Waals surface area contributed by atoms with Gasteiger partial charge in [-0.3, -0.25) is 9.59 Å². The molecule has 8 heteroatoms. The van der Waals surface area contributed by atoms with E-state index in [1.165, 1.54) is 6.92 Å². The van der Waals surface area contributed by atoms with E-state index in [4.69, 9.17) is 0 Å². The maximum absolute atomic E-state index is 14.4. The van der Waals surface area contributed by atoms with Crippen LogP contribution in [0.4, 0.5) is 4.39 Å². The number of fused-ring (bicyclic) bond motifs is 3. The van der Waals surface area contributed by atoms with Gasteiger partial charge in [-0.2, -0.15) is 0 Å². The second-order valence-corrected chi connectivity index (χ2v) is 12.4. The second-order valence-electron chi connectivity index (χ2n) is 12.4. The molecule has 4 saturated carbocycles. The van der Waals surface area contributed by atoms with Crippen LogP contribution < -0.4 is 0 Å². The van der Waals surface area contributed by atoms with Gasteiger partial charge in [0, 0.05) is 24.2 Å². The van der Waals surface area contributed by atoms with Gasteiger partial charge in [0.05, 0.1) is 17.8 Å². The number of allylic oxidation sites excluding steroid dienone is 1. The van der Waals surface area contributed by atoms with Crippen molar-refractivity contribution in [2.75, 3.05) is 0 Å². The summed E-state index contributed by atoms with van der Waals surface area (Å²) in [5.74, 6) is -3.47. The predicted octanol–water partition coefficient (Wildman–Crippen LogP) is 2.78. The van der Waals surface area contributed by atoms with Crippen LogP contribution in [0.25, 0.3) is 0 Å². The lowest BCUT2D eigenvalue weighted by Crippen LogP contribution is -2.69. The Morgan fingerprint density at radius 3 is 2.39 bits per heavy atom. The van der Waals surface area contributed by atoms with Crippen molar-refractivity contribution < 1.29 is 39.5 Å². The molecular weight excluding hydrogens is 467 g/mol. The first kappa shape index (κ1) is 26.3. The Morgan fingerprint density at radius 1 is 1.00 bits per heavy atom. The van der Waals surface area contributed by atoms with E-state index in [0.29, 0.717) is 25.7 Å². The van der Waals surface area contributed by atoms with Crippen molar-refractivity contribution in [1.82, 2.24) is 0 Å². The van der Waals surface area contributed by atoms with Gasteiger partial charge in [-0.05, 0) is 82.0 Å². The lowest BCUT2D eigenvalue weighted by atomic mass is 9.49. The molecule has 0 radical (unpaired) electrons. The molecule has 0 aliphatic heterocycles. The quantitative estimate of drug-likeness (QED) is 0.394. The molecule has 0 amide bonds. The average Bonchev–Trinajstić information content (AvgIpc) is 2.81. The van der Waals surface area contributed by atoms with Crippen LogP contribution in [0.2, 0.25) is 0 Å². The van der Waals surface area contributed by atoms with Gasteiger partial charge in [-0.15, -0.1) is 0 Å². The van der Waals surface area contributed by atoms with E-state index in [2.05, 4.69) is 0 Å². The van der Waals surface area contributed by atoms with Gasteiger partial charge < -0.3 is 25.5 Å². The third-order valence-electron chi connectivity index (χ3n) is 10.7. The molecule has 5 N–H and O–H groups in total. The molecule has 0 aromatic heterocycles. The van der Waals surface area contributed by atoms with Crippen molar-refractivity contribution in [3.63, 3.8) is 0 Å². The van der Waals surface area contributed by atoms with Crippen molar-refractivity contribution in [1.29, 1.82) is 0 Å². The monoisotopic (exact) mass is 508 g/mol. The average molecular weight is 509 g/mol. The summed E-state index contributed by atoms with van der Waals surface area (Å²) >= 11 is 0. The standard InChI is InChI=1S/C28H41FO7/c1-13(30)22-21(32)12-17-10-16-11-18-14(6-7-15-4-2-3-5-19(15)29)8-9-20(31)24(18)25(33)23(16)27(35)28(17,36)26(22)34/h14-20,23-24,26-27,31-32,34-36H,2-12H2,1H3/t14?,15?,16-,17+,18?,19?,20?,23?,24?,26?,27?,28-/m1/s1. The highest BCUT2D eigenvalue weighted by molar-refractivity contribution is 5.95. The smallest absolute Gasteiger partial charge is 0.161 e.